The highest BCUT2D eigenvalue weighted by atomic mass is 35.5. The van der Waals surface area contributed by atoms with Gasteiger partial charge in [-0.15, -0.1) is 0 Å². The molecule has 0 aromatic heterocycles. The van der Waals surface area contributed by atoms with Crippen LogP contribution in [0.3, 0.4) is 0 Å². The van der Waals surface area contributed by atoms with Gasteiger partial charge in [-0.2, -0.15) is 0 Å². The van der Waals surface area contributed by atoms with E-state index in [1.165, 1.54) is 30.3 Å². The predicted octanol–water partition coefficient (Wildman–Crippen LogP) is 2.99. The smallest absolute Gasteiger partial charge is 0.304 e. The van der Waals surface area contributed by atoms with E-state index in [2.05, 4.69) is 4.72 Å². The van der Waals surface area contributed by atoms with E-state index in [4.69, 9.17) is 16.7 Å². The van der Waals surface area contributed by atoms with Gasteiger partial charge in [0.15, 0.2) is 5.78 Å². The number of carboxylic acid groups (broad SMARTS) is 1. The number of allylic oxidation sites excluding steroid dienone is 1. The number of nitrogens with one attached hydrogen (secondary N) is 1. The fraction of sp³-hybridized carbons (Fsp3) is 0.111. The maximum Gasteiger partial charge on any atom is 0.304 e. The quantitative estimate of drug-likeness (QED) is 0.530. The van der Waals surface area contributed by atoms with Crippen molar-refractivity contribution >= 4 is 39.5 Å². The molecule has 2 aromatic carbocycles. The zero-order valence-corrected chi connectivity index (χ0v) is 15.1. The number of hydrogen-bond donors (Lipinski definition) is 2. The lowest BCUT2D eigenvalue weighted by Crippen LogP contribution is -2.26. The number of sulfonamides is 1. The fourth-order valence-corrected chi connectivity index (χ4v) is 3.28. The number of carbonyl (C=O) groups is 2. The van der Waals surface area contributed by atoms with E-state index in [0.29, 0.717) is 10.6 Å². The molecule has 0 fully saturated rings. The largest absolute Gasteiger partial charge is 0.481 e. The average Bonchev–Trinajstić information content (AvgIpc) is 2.59. The second-order valence-corrected chi connectivity index (χ2v) is 7.52. The molecule has 0 bridgehead atoms. The van der Waals surface area contributed by atoms with Crippen LogP contribution in [-0.2, 0) is 14.8 Å². The third-order valence-electron chi connectivity index (χ3n) is 3.36. The van der Waals surface area contributed by atoms with Gasteiger partial charge >= 0.3 is 5.97 Å². The molecule has 2 aromatic rings. The van der Waals surface area contributed by atoms with Crippen molar-refractivity contribution in [1.29, 1.82) is 0 Å². The summed E-state index contributed by atoms with van der Waals surface area (Å²) in [6, 6.07) is 12.4. The van der Waals surface area contributed by atoms with Crippen LogP contribution in [0.2, 0.25) is 5.02 Å². The lowest BCUT2D eigenvalue weighted by atomic mass is 10.1. The average molecular weight is 394 g/mol. The van der Waals surface area contributed by atoms with Gasteiger partial charge in [-0.3, -0.25) is 9.59 Å². The first-order valence-electron chi connectivity index (χ1n) is 7.57. The van der Waals surface area contributed by atoms with Crippen LogP contribution in [0.1, 0.15) is 22.3 Å². The molecular formula is C18H16ClNO5S. The van der Waals surface area contributed by atoms with Gasteiger partial charge in [0.2, 0.25) is 10.0 Å². The second-order valence-electron chi connectivity index (χ2n) is 5.32. The van der Waals surface area contributed by atoms with E-state index < -0.39 is 16.0 Å². The van der Waals surface area contributed by atoms with Crippen molar-refractivity contribution in [3.8, 4) is 0 Å². The van der Waals surface area contributed by atoms with Crippen LogP contribution in [-0.4, -0.2) is 31.8 Å². The number of halogens is 1. The van der Waals surface area contributed by atoms with E-state index in [1.54, 1.807) is 30.3 Å². The van der Waals surface area contributed by atoms with Gasteiger partial charge in [0.05, 0.1) is 11.3 Å². The minimum atomic E-state index is -3.82. The number of hydrogen-bond acceptors (Lipinski definition) is 4. The number of carbonyl (C=O) groups excluding carboxylic acids is 1. The number of aliphatic carboxylic acids is 1. The van der Waals surface area contributed by atoms with Crippen molar-refractivity contribution in [1.82, 2.24) is 4.72 Å². The normalized spacial score (nSPS) is 11.6. The minimum Gasteiger partial charge on any atom is -0.481 e. The van der Waals surface area contributed by atoms with E-state index in [-0.39, 0.29) is 23.6 Å². The third kappa shape index (κ3) is 5.80. The maximum atomic E-state index is 12.2. The molecule has 0 radical (unpaired) electrons. The molecular weight excluding hydrogens is 378 g/mol. The van der Waals surface area contributed by atoms with Crippen molar-refractivity contribution < 1.29 is 23.1 Å². The summed E-state index contributed by atoms with van der Waals surface area (Å²) in [5.74, 6) is -1.38. The van der Waals surface area contributed by atoms with E-state index in [9.17, 15) is 18.0 Å². The van der Waals surface area contributed by atoms with Crippen molar-refractivity contribution in [3.63, 3.8) is 0 Å². The number of benzene rings is 2. The summed E-state index contributed by atoms with van der Waals surface area (Å²) >= 11 is 5.88. The molecule has 136 valence electrons. The summed E-state index contributed by atoms with van der Waals surface area (Å²) in [4.78, 5) is 22.6. The third-order valence-corrected chi connectivity index (χ3v) is 5.07. The zero-order valence-electron chi connectivity index (χ0n) is 13.6. The summed E-state index contributed by atoms with van der Waals surface area (Å²) in [5.41, 5.74) is 1.10. The molecule has 0 aliphatic rings. The van der Waals surface area contributed by atoms with Gasteiger partial charge in [-0.1, -0.05) is 29.8 Å². The van der Waals surface area contributed by atoms with Crippen LogP contribution >= 0.6 is 11.6 Å². The molecule has 0 aliphatic carbocycles. The minimum absolute atomic E-state index is 0.0433. The Kier molecular flexibility index (Phi) is 6.68. The molecule has 0 heterocycles. The molecule has 6 nitrogen and oxygen atoms in total. The first-order chi connectivity index (χ1) is 12.3. The molecule has 0 aliphatic heterocycles. The Morgan fingerprint density at radius 3 is 2.42 bits per heavy atom. The van der Waals surface area contributed by atoms with Gasteiger partial charge in [-0.25, -0.2) is 13.1 Å². The van der Waals surface area contributed by atoms with Crippen molar-refractivity contribution in [2.75, 3.05) is 6.54 Å². The Bertz CT molecular complexity index is 936. The monoisotopic (exact) mass is 393 g/mol. The topological polar surface area (TPSA) is 101 Å². The van der Waals surface area contributed by atoms with Gasteiger partial charge in [0.25, 0.3) is 0 Å². The molecule has 0 amide bonds. The molecule has 0 atom stereocenters. The zero-order chi connectivity index (χ0) is 19.2. The van der Waals surface area contributed by atoms with Crippen molar-refractivity contribution in [2.24, 2.45) is 0 Å². The first-order valence-corrected chi connectivity index (χ1v) is 9.43. The number of rotatable bonds is 8. The van der Waals surface area contributed by atoms with Crippen LogP contribution in [0.4, 0.5) is 0 Å². The van der Waals surface area contributed by atoms with Crippen LogP contribution in [0.15, 0.2) is 59.5 Å². The number of carboxylic acids is 1. The molecule has 0 unspecified atom stereocenters. The van der Waals surface area contributed by atoms with Gasteiger partial charge in [0.1, 0.15) is 0 Å². The highest BCUT2D eigenvalue weighted by Gasteiger charge is 2.14. The number of ketones is 1. The van der Waals surface area contributed by atoms with Crippen molar-refractivity contribution in [3.05, 3.63) is 70.8 Å². The van der Waals surface area contributed by atoms with E-state index in [1.807, 2.05) is 0 Å². The Labute approximate surface area is 156 Å². The second kappa shape index (κ2) is 8.75. The maximum absolute atomic E-state index is 12.2. The van der Waals surface area contributed by atoms with Crippen LogP contribution < -0.4 is 4.72 Å². The summed E-state index contributed by atoms with van der Waals surface area (Å²) in [6.45, 7) is -0.208. The lowest BCUT2D eigenvalue weighted by molar-refractivity contribution is -0.136. The summed E-state index contributed by atoms with van der Waals surface area (Å²) in [6.07, 6.45) is 2.68. The fourth-order valence-electron chi connectivity index (χ4n) is 2.05. The standard InChI is InChI=1S/C18H16ClNO5S/c19-15-3-1-2-13(12-15)4-9-17(21)14-5-7-16(8-6-14)26(24,25)20-11-10-18(22)23/h1-9,12,20H,10-11H2,(H,22,23)/b9-4+. The Morgan fingerprint density at radius 2 is 1.81 bits per heavy atom. The summed E-state index contributed by atoms with van der Waals surface area (Å²) in [7, 11) is -3.82. The molecule has 8 heteroatoms. The first kappa shape index (κ1) is 19.8. The van der Waals surface area contributed by atoms with E-state index in [0.717, 1.165) is 5.56 Å². The Balaban J connectivity index is 2.06. The highest BCUT2D eigenvalue weighted by molar-refractivity contribution is 7.89. The van der Waals surface area contributed by atoms with E-state index >= 15 is 0 Å². The van der Waals surface area contributed by atoms with Crippen LogP contribution in [0, 0.1) is 0 Å². The van der Waals surface area contributed by atoms with Crippen LogP contribution in [0.5, 0.6) is 0 Å². The lowest BCUT2D eigenvalue weighted by Gasteiger charge is -2.06. The van der Waals surface area contributed by atoms with Gasteiger partial charge in [-0.05, 0) is 48.0 Å². The molecule has 0 saturated heterocycles. The molecule has 2 N–H and O–H groups in total. The molecule has 2 rings (SSSR count). The highest BCUT2D eigenvalue weighted by Crippen LogP contribution is 2.14. The summed E-state index contributed by atoms with van der Waals surface area (Å²) in [5, 5.41) is 9.10. The predicted molar refractivity (Wildman–Crippen MR) is 98.7 cm³/mol. The van der Waals surface area contributed by atoms with Crippen molar-refractivity contribution in [2.45, 2.75) is 11.3 Å². The summed E-state index contributed by atoms with van der Waals surface area (Å²) < 4.78 is 26.2. The molecule has 26 heavy (non-hydrogen) atoms. The van der Waals surface area contributed by atoms with Gasteiger partial charge in [0, 0.05) is 17.1 Å². The van der Waals surface area contributed by atoms with Crippen LogP contribution in [0.25, 0.3) is 6.08 Å². The molecule has 0 saturated carbocycles. The Morgan fingerprint density at radius 1 is 1.12 bits per heavy atom. The van der Waals surface area contributed by atoms with Gasteiger partial charge < -0.3 is 5.11 Å². The molecule has 0 spiro atoms. The Hall–Kier alpha value is -2.48. The SMILES string of the molecule is O=C(O)CCNS(=O)(=O)c1ccc(C(=O)/C=C/c2cccc(Cl)c2)cc1.